The molecule has 0 aromatic carbocycles. The van der Waals surface area contributed by atoms with Crippen molar-refractivity contribution in [1.29, 1.82) is 0 Å². The zero-order chi connectivity index (χ0) is 12.1. The Balaban J connectivity index is 1.82. The van der Waals surface area contributed by atoms with Crippen molar-refractivity contribution in [3.8, 4) is 0 Å². The van der Waals surface area contributed by atoms with E-state index < -0.39 is 0 Å². The van der Waals surface area contributed by atoms with E-state index in [9.17, 15) is 0 Å². The van der Waals surface area contributed by atoms with Crippen molar-refractivity contribution in [2.24, 2.45) is 0 Å². The fourth-order valence-electron chi connectivity index (χ4n) is 2.08. The third-order valence-corrected chi connectivity index (χ3v) is 2.95. The van der Waals surface area contributed by atoms with Gasteiger partial charge in [-0.3, -0.25) is 4.90 Å². The highest BCUT2D eigenvalue weighted by Crippen LogP contribution is 2.08. The Morgan fingerprint density at radius 3 is 2.94 bits per heavy atom. The molecule has 1 aromatic rings. The molecule has 0 radical (unpaired) electrons. The molecule has 4 heteroatoms. The number of hydrogen-bond donors (Lipinski definition) is 1. The Bertz CT molecular complexity index is 350. The molecule has 94 valence electrons. The standard InChI is InChI=1S/C13H21N3O/c1-11-3-4-14-13(9-11)15-12(2)10-16-5-7-17-8-6-16/h3-4,9,12H,5-8,10H2,1-2H3,(H,14,15). The highest BCUT2D eigenvalue weighted by molar-refractivity contribution is 5.37. The summed E-state index contributed by atoms with van der Waals surface area (Å²) in [7, 11) is 0. The van der Waals surface area contributed by atoms with Crippen molar-refractivity contribution in [1.82, 2.24) is 9.88 Å². The lowest BCUT2D eigenvalue weighted by Gasteiger charge is -2.29. The first-order valence-corrected chi connectivity index (χ1v) is 6.23. The highest BCUT2D eigenvalue weighted by Gasteiger charge is 2.13. The molecule has 0 saturated carbocycles. The number of pyridine rings is 1. The van der Waals surface area contributed by atoms with E-state index >= 15 is 0 Å². The van der Waals surface area contributed by atoms with Crippen LogP contribution in [0.5, 0.6) is 0 Å². The summed E-state index contributed by atoms with van der Waals surface area (Å²) < 4.78 is 5.34. The maximum atomic E-state index is 5.34. The number of rotatable bonds is 4. The van der Waals surface area contributed by atoms with Crippen LogP contribution in [-0.2, 0) is 4.74 Å². The zero-order valence-electron chi connectivity index (χ0n) is 10.6. The van der Waals surface area contributed by atoms with Crippen LogP contribution in [0.4, 0.5) is 5.82 Å². The number of nitrogens with one attached hydrogen (secondary N) is 1. The summed E-state index contributed by atoms with van der Waals surface area (Å²) in [5, 5.41) is 3.44. The smallest absolute Gasteiger partial charge is 0.126 e. The average molecular weight is 235 g/mol. The molecule has 0 amide bonds. The van der Waals surface area contributed by atoms with E-state index in [1.165, 1.54) is 5.56 Å². The fraction of sp³-hybridized carbons (Fsp3) is 0.615. The lowest BCUT2D eigenvalue weighted by Crippen LogP contribution is -2.42. The lowest BCUT2D eigenvalue weighted by atomic mass is 10.2. The molecule has 0 spiro atoms. The van der Waals surface area contributed by atoms with Gasteiger partial charge in [-0.2, -0.15) is 0 Å². The molecule has 0 aliphatic carbocycles. The van der Waals surface area contributed by atoms with Crippen LogP contribution in [0.25, 0.3) is 0 Å². The van der Waals surface area contributed by atoms with Crippen molar-refractivity contribution < 1.29 is 4.74 Å². The molecule has 2 rings (SSSR count). The first-order chi connectivity index (χ1) is 8.24. The summed E-state index contributed by atoms with van der Waals surface area (Å²) in [6.07, 6.45) is 1.85. The Kier molecular flexibility index (Phi) is 4.34. The zero-order valence-corrected chi connectivity index (χ0v) is 10.6. The van der Waals surface area contributed by atoms with Crippen LogP contribution in [0.15, 0.2) is 18.3 Å². The van der Waals surface area contributed by atoms with Crippen LogP contribution in [0.2, 0.25) is 0 Å². The van der Waals surface area contributed by atoms with E-state index in [0.29, 0.717) is 6.04 Å². The SMILES string of the molecule is Cc1ccnc(NC(C)CN2CCOCC2)c1. The van der Waals surface area contributed by atoms with Crippen molar-refractivity contribution in [2.75, 3.05) is 38.2 Å². The summed E-state index contributed by atoms with van der Waals surface area (Å²) in [6.45, 7) is 9.10. The van der Waals surface area contributed by atoms with Gasteiger partial charge in [0.15, 0.2) is 0 Å². The van der Waals surface area contributed by atoms with E-state index in [0.717, 1.165) is 38.7 Å². The van der Waals surface area contributed by atoms with Gasteiger partial charge >= 0.3 is 0 Å². The van der Waals surface area contributed by atoms with Crippen molar-refractivity contribution in [3.05, 3.63) is 23.9 Å². The predicted octanol–water partition coefficient (Wildman–Crippen LogP) is 1.52. The number of ether oxygens (including phenoxy) is 1. The normalized spacial score (nSPS) is 18.9. The molecule has 4 nitrogen and oxygen atoms in total. The Hall–Kier alpha value is -1.13. The minimum absolute atomic E-state index is 0.405. The number of morpholine rings is 1. The van der Waals surface area contributed by atoms with Gasteiger partial charge in [-0.25, -0.2) is 4.98 Å². The molecule has 1 saturated heterocycles. The molecule has 1 aliphatic heterocycles. The molecule has 0 bridgehead atoms. The molecule has 1 atom stereocenters. The minimum atomic E-state index is 0.405. The van der Waals surface area contributed by atoms with Gasteiger partial charge in [0.05, 0.1) is 13.2 Å². The number of aromatic nitrogens is 1. The first-order valence-electron chi connectivity index (χ1n) is 6.23. The fourth-order valence-corrected chi connectivity index (χ4v) is 2.08. The van der Waals surface area contributed by atoms with E-state index in [-0.39, 0.29) is 0 Å². The van der Waals surface area contributed by atoms with E-state index in [4.69, 9.17) is 4.74 Å². The Morgan fingerprint density at radius 1 is 1.47 bits per heavy atom. The molecule has 1 aliphatic rings. The lowest BCUT2D eigenvalue weighted by molar-refractivity contribution is 0.0368. The van der Waals surface area contributed by atoms with Crippen LogP contribution in [0.3, 0.4) is 0 Å². The summed E-state index contributed by atoms with van der Waals surface area (Å²) in [5.41, 5.74) is 1.24. The van der Waals surface area contributed by atoms with Gasteiger partial charge in [-0.15, -0.1) is 0 Å². The molecular formula is C13H21N3O. The molecule has 17 heavy (non-hydrogen) atoms. The number of nitrogens with zero attached hydrogens (tertiary/aromatic N) is 2. The van der Waals surface area contributed by atoms with Gasteiger partial charge < -0.3 is 10.1 Å². The van der Waals surface area contributed by atoms with E-state index in [1.807, 2.05) is 12.3 Å². The van der Waals surface area contributed by atoms with Gasteiger partial charge in [0.2, 0.25) is 0 Å². The summed E-state index contributed by atoms with van der Waals surface area (Å²) >= 11 is 0. The van der Waals surface area contributed by atoms with E-state index in [1.54, 1.807) is 0 Å². The van der Waals surface area contributed by atoms with Crippen LogP contribution in [0.1, 0.15) is 12.5 Å². The predicted molar refractivity (Wildman–Crippen MR) is 69.3 cm³/mol. The molecular weight excluding hydrogens is 214 g/mol. The van der Waals surface area contributed by atoms with Crippen LogP contribution >= 0.6 is 0 Å². The molecule has 1 N–H and O–H groups in total. The Labute approximate surface area is 103 Å². The summed E-state index contributed by atoms with van der Waals surface area (Å²) in [5.74, 6) is 0.964. The monoisotopic (exact) mass is 235 g/mol. The molecule has 1 unspecified atom stereocenters. The third kappa shape index (κ3) is 3.98. The van der Waals surface area contributed by atoms with Crippen LogP contribution in [0, 0.1) is 6.92 Å². The van der Waals surface area contributed by atoms with Crippen LogP contribution in [-0.4, -0.2) is 48.8 Å². The van der Waals surface area contributed by atoms with Gasteiger partial charge in [-0.1, -0.05) is 0 Å². The summed E-state index contributed by atoms with van der Waals surface area (Å²) in [6, 6.07) is 4.50. The molecule has 1 fully saturated rings. The number of aryl methyl sites for hydroxylation is 1. The second-order valence-corrected chi connectivity index (χ2v) is 4.68. The topological polar surface area (TPSA) is 37.4 Å². The third-order valence-electron chi connectivity index (χ3n) is 2.95. The Morgan fingerprint density at radius 2 is 2.24 bits per heavy atom. The second kappa shape index (κ2) is 5.98. The first kappa shape index (κ1) is 12.3. The van der Waals surface area contributed by atoms with Crippen LogP contribution < -0.4 is 5.32 Å². The molecule has 1 aromatic heterocycles. The minimum Gasteiger partial charge on any atom is -0.379 e. The van der Waals surface area contributed by atoms with Crippen molar-refractivity contribution in [2.45, 2.75) is 19.9 Å². The average Bonchev–Trinajstić information content (AvgIpc) is 2.30. The van der Waals surface area contributed by atoms with Crippen molar-refractivity contribution >= 4 is 5.82 Å². The highest BCUT2D eigenvalue weighted by atomic mass is 16.5. The van der Waals surface area contributed by atoms with E-state index in [2.05, 4.69) is 35.1 Å². The summed E-state index contributed by atoms with van der Waals surface area (Å²) in [4.78, 5) is 6.75. The number of hydrogen-bond acceptors (Lipinski definition) is 4. The largest absolute Gasteiger partial charge is 0.379 e. The van der Waals surface area contributed by atoms with Crippen molar-refractivity contribution in [3.63, 3.8) is 0 Å². The number of anilines is 1. The maximum Gasteiger partial charge on any atom is 0.126 e. The van der Waals surface area contributed by atoms with Gasteiger partial charge in [-0.05, 0) is 31.5 Å². The maximum absolute atomic E-state index is 5.34. The van der Waals surface area contributed by atoms with Gasteiger partial charge in [0, 0.05) is 31.9 Å². The molecule has 2 heterocycles. The van der Waals surface area contributed by atoms with Gasteiger partial charge in [0.25, 0.3) is 0 Å². The van der Waals surface area contributed by atoms with Gasteiger partial charge in [0.1, 0.15) is 5.82 Å². The quantitative estimate of drug-likeness (QED) is 0.858. The second-order valence-electron chi connectivity index (χ2n) is 4.68.